The molecule has 0 aliphatic heterocycles. The molecule has 0 fully saturated rings. The van der Waals surface area contributed by atoms with Gasteiger partial charge in [0.15, 0.2) is 0 Å². The highest BCUT2D eigenvalue weighted by molar-refractivity contribution is 5.96. The summed E-state index contributed by atoms with van der Waals surface area (Å²) in [7, 11) is 1.62. The monoisotopic (exact) mass is 273 g/mol. The molecule has 1 N–H and O–H groups in total. The standard InChI is InChI=1S/C16H16FNO2/c1-11-6-7-14(15(19)8-11)16(20)18(2)10-12-4-3-5-13(17)9-12/h3-9,19H,10H2,1-2H3. The molecule has 2 rings (SSSR count). The van der Waals surface area contributed by atoms with Crippen molar-refractivity contribution in [3.63, 3.8) is 0 Å². The summed E-state index contributed by atoms with van der Waals surface area (Å²) in [5.74, 6) is -0.672. The number of amides is 1. The molecule has 0 aromatic heterocycles. The summed E-state index contributed by atoms with van der Waals surface area (Å²) in [6.45, 7) is 2.12. The SMILES string of the molecule is Cc1ccc(C(=O)N(C)Cc2cccc(F)c2)c(O)c1. The molecule has 2 aromatic rings. The molecule has 4 heteroatoms. The van der Waals surface area contributed by atoms with E-state index in [9.17, 15) is 14.3 Å². The molecular formula is C16H16FNO2. The first-order valence-electron chi connectivity index (χ1n) is 6.27. The van der Waals surface area contributed by atoms with E-state index in [2.05, 4.69) is 0 Å². The number of aromatic hydroxyl groups is 1. The van der Waals surface area contributed by atoms with Crippen molar-refractivity contribution in [1.29, 1.82) is 0 Å². The molecular weight excluding hydrogens is 257 g/mol. The van der Waals surface area contributed by atoms with Crippen LogP contribution in [0.5, 0.6) is 5.75 Å². The van der Waals surface area contributed by atoms with E-state index in [1.54, 1.807) is 37.4 Å². The minimum atomic E-state index is -0.332. The first kappa shape index (κ1) is 14.1. The molecule has 2 aromatic carbocycles. The van der Waals surface area contributed by atoms with Crippen LogP contribution in [0.25, 0.3) is 0 Å². The van der Waals surface area contributed by atoms with Crippen LogP contribution >= 0.6 is 0 Å². The average molecular weight is 273 g/mol. The topological polar surface area (TPSA) is 40.5 Å². The summed E-state index contributed by atoms with van der Waals surface area (Å²) in [4.78, 5) is 13.7. The highest BCUT2D eigenvalue weighted by atomic mass is 19.1. The Morgan fingerprint density at radius 3 is 2.65 bits per heavy atom. The lowest BCUT2D eigenvalue weighted by Crippen LogP contribution is -2.26. The smallest absolute Gasteiger partial charge is 0.257 e. The number of rotatable bonds is 3. The van der Waals surface area contributed by atoms with Crippen LogP contribution in [0.3, 0.4) is 0 Å². The Bertz CT molecular complexity index is 640. The van der Waals surface area contributed by atoms with Crippen LogP contribution < -0.4 is 0 Å². The predicted molar refractivity (Wildman–Crippen MR) is 75.0 cm³/mol. The molecule has 0 heterocycles. The average Bonchev–Trinajstić information content (AvgIpc) is 2.38. The number of nitrogens with zero attached hydrogens (tertiary/aromatic N) is 1. The quantitative estimate of drug-likeness (QED) is 0.933. The van der Waals surface area contributed by atoms with Crippen molar-refractivity contribution < 1.29 is 14.3 Å². The molecule has 0 bridgehead atoms. The number of phenols is 1. The highest BCUT2D eigenvalue weighted by Gasteiger charge is 2.16. The minimum Gasteiger partial charge on any atom is -0.507 e. The largest absolute Gasteiger partial charge is 0.507 e. The normalized spacial score (nSPS) is 10.3. The van der Waals surface area contributed by atoms with Crippen LogP contribution in [0, 0.1) is 12.7 Å². The molecule has 0 unspecified atom stereocenters. The highest BCUT2D eigenvalue weighted by Crippen LogP contribution is 2.20. The molecule has 0 saturated carbocycles. The maximum Gasteiger partial charge on any atom is 0.257 e. The van der Waals surface area contributed by atoms with E-state index in [-0.39, 0.29) is 29.6 Å². The molecule has 20 heavy (non-hydrogen) atoms. The van der Waals surface area contributed by atoms with E-state index in [1.165, 1.54) is 17.0 Å². The second-order valence-electron chi connectivity index (χ2n) is 4.81. The van der Waals surface area contributed by atoms with Gasteiger partial charge in [0.2, 0.25) is 0 Å². The van der Waals surface area contributed by atoms with Crippen LogP contribution in [0.2, 0.25) is 0 Å². The number of benzene rings is 2. The number of halogens is 1. The lowest BCUT2D eigenvalue weighted by Gasteiger charge is -2.18. The number of hydrogen-bond acceptors (Lipinski definition) is 2. The van der Waals surface area contributed by atoms with Gasteiger partial charge in [-0.2, -0.15) is 0 Å². The molecule has 0 aliphatic carbocycles. The summed E-state index contributed by atoms with van der Waals surface area (Å²) in [5.41, 5.74) is 1.83. The zero-order valence-electron chi connectivity index (χ0n) is 11.4. The van der Waals surface area contributed by atoms with Gasteiger partial charge in [0, 0.05) is 13.6 Å². The van der Waals surface area contributed by atoms with Crippen LogP contribution in [-0.4, -0.2) is 23.0 Å². The summed E-state index contributed by atoms with van der Waals surface area (Å²) >= 11 is 0. The number of carbonyl (C=O) groups excluding carboxylic acids is 1. The Kier molecular flexibility index (Phi) is 4.03. The van der Waals surface area contributed by atoms with Gasteiger partial charge in [-0.1, -0.05) is 18.2 Å². The number of phenolic OH excluding ortho intramolecular Hbond substituents is 1. The lowest BCUT2D eigenvalue weighted by molar-refractivity contribution is 0.0782. The Morgan fingerprint density at radius 1 is 1.25 bits per heavy atom. The Morgan fingerprint density at radius 2 is 2.00 bits per heavy atom. The summed E-state index contributed by atoms with van der Waals surface area (Å²) in [5, 5.41) is 9.81. The van der Waals surface area contributed by atoms with Crippen LogP contribution in [0.4, 0.5) is 4.39 Å². The van der Waals surface area contributed by atoms with Crippen molar-refractivity contribution in [2.75, 3.05) is 7.05 Å². The van der Waals surface area contributed by atoms with Crippen LogP contribution in [0.15, 0.2) is 42.5 Å². The minimum absolute atomic E-state index is 0.0407. The number of carbonyl (C=O) groups is 1. The molecule has 0 aliphatic rings. The molecule has 104 valence electrons. The molecule has 0 atom stereocenters. The maximum atomic E-state index is 13.1. The second-order valence-corrected chi connectivity index (χ2v) is 4.81. The van der Waals surface area contributed by atoms with Crippen LogP contribution in [0.1, 0.15) is 21.5 Å². The third-order valence-corrected chi connectivity index (χ3v) is 3.04. The van der Waals surface area contributed by atoms with Gasteiger partial charge in [0.25, 0.3) is 5.91 Å². The fourth-order valence-corrected chi connectivity index (χ4v) is 2.01. The zero-order valence-corrected chi connectivity index (χ0v) is 11.4. The maximum absolute atomic E-state index is 13.1. The van der Waals surface area contributed by atoms with Gasteiger partial charge in [0.1, 0.15) is 11.6 Å². The Hall–Kier alpha value is -2.36. The van der Waals surface area contributed by atoms with Gasteiger partial charge in [0.05, 0.1) is 5.56 Å². The predicted octanol–water partition coefficient (Wildman–Crippen LogP) is 3.11. The molecule has 0 spiro atoms. The van der Waals surface area contributed by atoms with Gasteiger partial charge in [-0.3, -0.25) is 4.79 Å². The van der Waals surface area contributed by atoms with Gasteiger partial charge in [-0.15, -0.1) is 0 Å². The first-order chi connectivity index (χ1) is 9.47. The van der Waals surface area contributed by atoms with Crippen molar-refractivity contribution >= 4 is 5.91 Å². The number of aryl methyl sites for hydroxylation is 1. The molecule has 0 saturated heterocycles. The van der Waals surface area contributed by atoms with E-state index in [0.29, 0.717) is 5.56 Å². The van der Waals surface area contributed by atoms with E-state index in [1.807, 2.05) is 6.92 Å². The zero-order chi connectivity index (χ0) is 14.7. The third-order valence-electron chi connectivity index (χ3n) is 3.04. The Balaban J connectivity index is 2.16. The lowest BCUT2D eigenvalue weighted by atomic mass is 10.1. The van der Waals surface area contributed by atoms with Gasteiger partial charge >= 0.3 is 0 Å². The molecule has 3 nitrogen and oxygen atoms in total. The van der Waals surface area contributed by atoms with Crippen molar-refractivity contribution in [3.05, 3.63) is 65.0 Å². The van der Waals surface area contributed by atoms with Crippen molar-refractivity contribution in [2.24, 2.45) is 0 Å². The first-order valence-corrected chi connectivity index (χ1v) is 6.27. The van der Waals surface area contributed by atoms with Crippen LogP contribution in [-0.2, 0) is 6.54 Å². The Labute approximate surface area is 117 Å². The van der Waals surface area contributed by atoms with Crippen molar-refractivity contribution in [1.82, 2.24) is 4.90 Å². The molecule has 1 amide bonds. The molecule has 0 radical (unpaired) electrons. The second kappa shape index (κ2) is 5.74. The fraction of sp³-hybridized carbons (Fsp3) is 0.188. The number of hydrogen-bond donors (Lipinski definition) is 1. The van der Waals surface area contributed by atoms with Crippen molar-refractivity contribution in [2.45, 2.75) is 13.5 Å². The van der Waals surface area contributed by atoms with Gasteiger partial charge < -0.3 is 10.0 Å². The summed E-state index contributed by atoms with van der Waals surface area (Å²) in [6.07, 6.45) is 0. The fourth-order valence-electron chi connectivity index (χ4n) is 2.01. The summed E-state index contributed by atoms with van der Waals surface area (Å²) in [6, 6.07) is 11.0. The third kappa shape index (κ3) is 3.15. The van der Waals surface area contributed by atoms with Gasteiger partial charge in [-0.25, -0.2) is 4.39 Å². The van der Waals surface area contributed by atoms with E-state index >= 15 is 0 Å². The summed E-state index contributed by atoms with van der Waals surface area (Å²) < 4.78 is 13.1. The van der Waals surface area contributed by atoms with E-state index in [0.717, 1.165) is 5.56 Å². The van der Waals surface area contributed by atoms with Gasteiger partial charge in [-0.05, 0) is 42.3 Å². The van der Waals surface area contributed by atoms with E-state index in [4.69, 9.17) is 0 Å². The van der Waals surface area contributed by atoms with Crippen molar-refractivity contribution in [3.8, 4) is 5.75 Å². The van der Waals surface area contributed by atoms with E-state index < -0.39 is 0 Å².